The van der Waals surface area contributed by atoms with Crippen LogP contribution in [0.3, 0.4) is 0 Å². The summed E-state index contributed by atoms with van der Waals surface area (Å²) in [6.45, 7) is 0.974. The Kier molecular flexibility index (Phi) is 7.95. The Hall–Kier alpha value is -0.570. The molecule has 3 heteroatoms. The van der Waals surface area contributed by atoms with Gasteiger partial charge in [0.15, 0.2) is 0 Å². The summed E-state index contributed by atoms with van der Waals surface area (Å²) in [5.41, 5.74) is 0. The van der Waals surface area contributed by atoms with Gasteiger partial charge in [-0.25, -0.2) is 0 Å². The van der Waals surface area contributed by atoms with E-state index in [1.165, 1.54) is 0 Å². The van der Waals surface area contributed by atoms with Crippen LogP contribution in [0.4, 0.5) is 0 Å². The lowest BCUT2D eigenvalue weighted by molar-refractivity contribution is 0.282. The van der Waals surface area contributed by atoms with Gasteiger partial charge in [-0.15, -0.1) is 0 Å². The fourth-order valence-corrected chi connectivity index (χ4v) is 0.730. The third-order valence-corrected chi connectivity index (χ3v) is 1.28. The van der Waals surface area contributed by atoms with E-state index in [1.54, 1.807) is 6.41 Å². The fourth-order valence-electron chi connectivity index (χ4n) is 0.730. The smallest absolute Gasteiger partial charge is 0.309 e. The van der Waals surface area contributed by atoms with Crippen LogP contribution in [-0.4, -0.2) is 24.7 Å². The molecule has 0 aromatic carbocycles. The van der Waals surface area contributed by atoms with Crippen molar-refractivity contribution in [2.75, 3.05) is 13.2 Å². The van der Waals surface area contributed by atoms with Gasteiger partial charge in [0.2, 0.25) is 0 Å². The lowest BCUT2D eigenvalue weighted by atomic mass is 10.2. The van der Waals surface area contributed by atoms with Crippen LogP contribution in [0, 0.1) is 0 Å². The molecule has 0 spiro atoms. The van der Waals surface area contributed by atoms with Crippen molar-refractivity contribution in [1.29, 1.82) is 0 Å². The molecule has 0 bridgehead atoms. The van der Waals surface area contributed by atoms with E-state index in [1.807, 2.05) is 0 Å². The molecule has 2 N–H and O–H groups in total. The average molecular weight is 144 g/mol. The Morgan fingerprint density at radius 1 is 1.20 bits per heavy atom. The average Bonchev–Trinajstić information content (AvgIpc) is 1.97. The molecule has 0 atom stereocenters. The molecule has 0 aliphatic heterocycles. The first-order valence-electron chi connectivity index (χ1n) is 3.62. The van der Waals surface area contributed by atoms with E-state index in [-0.39, 0.29) is 6.61 Å². The minimum atomic E-state index is 0.271. The Balaban J connectivity index is 2.70. The minimum Gasteiger partial charge on any atom is -0.396 e. The van der Waals surface area contributed by atoms with Crippen molar-refractivity contribution in [3.05, 3.63) is 0 Å². The van der Waals surface area contributed by atoms with Crippen LogP contribution in [0.5, 0.6) is 0 Å². The monoisotopic (exact) mass is 144 g/mol. The maximum absolute atomic E-state index is 9.62. The van der Waals surface area contributed by atoms with Gasteiger partial charge < -0.3 is 10.4 Å². The van der Waals surface area contributed by atoms with E-state index >= 15 is 0 Å². The third kappa shape index (κ3) is 7.43. The van der Waals surface area contributed by atoms with E-state index in [4.69, 9.17) is 5.11 Å². The SMILES string of the molecule is O=[C]NCCCCCCO. The standard InChI is InChI=1S/C7H14NO2/c9-6-4-2-1-3-5-8-7-10/h9H,1-6H2,(H,8,10). The van der Waals surface area contributed by atoms with Crippen LogP contribution >= 0.6 is 0 Å². The van der Waals surface area contributed by atoms with Crippen molar-refractivity contribution in [1.82, 2.24) is 5.32 Å². The van der Waals surface area contributed by atoms with Crippen LogP contribution in [0.15, 0.2) is 0 Å². The number of aliphatic hydroxyl groups is 1. The Labute approximate surface area is 61.4 Å². The Morgan fingerprint density at radius 2 is 1.90 bits per heavy atom. The van der Waals surface area contributed by atoms with Crippen LogP contribution in [0.25, 0.3) is 0 Å². The molecular weight excluding hydrogens is 130 g/mol. The van der Waals surface area contributed by atoms with Gasteiger partial charge in [0, 0.05) is 13.2 Å². The fraction of sp³-hybridized carbons (Fsp3) is 0.857. The molecule has 0 fully saturated rings. The highest BCUT2D eigenvalue weighted by Crippen LogP contribution is 1.96. The number of hydrogen-bond acceptors (Lipinski definition) is 2. The molecule has 0 heterocycles. The topological polar surface area (TPSA) is 49.3 Å². The molecule has 1 radical (unpaired) electrons. The summed E-state index contributed by atoms with van der Waals surface area (Å²) in [5, 5.41) is 10.8. The second kappa shape index (κ2) is 8.43. The minimum absolute atomic E-state index is 0.271. The van der Waals surface area contributed by atoms with Crippen LogP contribution in [0.2, 0.25) is 0 Å². The van der Waals surface area contributed by atoms with E-state index in [2.05, 4.69) is 5.32 Å². The normalized spacial score (nSPS) is 9.30. The van der Waals surface area contributed by atoms with Crippen molar-refractivity contribution in [2.45, 2.75) is 25.7 Å². The van der Waals surface area contributed by atoms with Crippen LogP contribution in [0.1, 0.15) is 25.7 Å². The Bertz CT molecular complexity index is 76.0. The molecule has 0 rings (SSSR count). The number of aliphatic hydroxyl groups excluding tert-OH is 1. The molecule has 0 aromatic rings. The molecule has 10 heavy (non-hydrogen) atoms. The summed E-state index contributed by atoms with van der Waals surface area (Å²) in [6.07, 6.45) is 5.56. The Morgan fingerprint density at radius 3 is 2.50 bits per heavy atom. The van der Waals surface area contributed by atoms with Gasteiger partial charge in [-0.3, -0.25) is 4.79 Å². The zero-order valence-corrected chi connectivity index (χ0v) is 6.10. The van der Waals surface area contributed by atoms with Crippen molar-refractivity contribution in [3.63, 3.8) is 0 Å². The molecule has 0 aliphatic rings. The van der Waals surface area contributed by atoms with Crippen molar-refractivity contribution in [3.8, 4) is 0 Å². The first-order valence-corrected chi connectivity index (χ1v) is 3.62. The number of unbranched alkanes of at least 4 members (excludes halogenated alkanes) is 3. The largest absolute Gasteiger partial charge is 0.396 e. The quantitative estimate of drug-likeness (QED) is 0.396. The third-order valence-electron chi connectivity index (χ3n) is 1.28. The predicted molar refractivity (Wildman–Crippen MR) is 39.3 cm³/mol. The zero-order chi connectivity index (χ0) is 7.66. The van der Waals surface area contributed by atoms with Gasteiger partial charge in [0.25, 0.3) is 0 Å². The molecule has 0 aliphatic carbocycles. The highest BCUT2D eigenvalue weighted by atomic mass is 16.2. The van der Waals surface area contributed by atoms with Crippen LogP contribution < -0.4 is 5.32 Å². The molecular formula is C7H14NO2. The zero-order valence-electron chi connectivity index (χ0n) is 6.10. The lowest BCUT2D eigenvalue weighted by Gasteiger charge is -1.96. The molecule has 1 amide bonds. The first-order chi connectivity index (χ1) is 4.91. The van der Waals surface area contributed by atoms with E-state index in [9.17, 15) is 4.79 Å². The number of amides is 1. The number of rotatable bonds is 7. The second-order valence-corrected chi connectivity index (χ2v) is 2.17. The maximum atomic E-state index is 9.62. The molecule has 0 unspecified atom stereocenters. The van der Waals surface area contributed by atoms with Crippen molar-refractivity contribution in [2.24, 2.45) is 0 Å². The highest BCUT2D eigenvalue weighted by Gasteiger charge is 1.87. The summed E-state index contributed by atoms with van der Waals surface area (Å²) >= 11 is 0. The molecule has 0 saturated carbocycles. The molecule has 59 valence electrons. The van der Waals surface area contributed by atoms with Gasteiger partial charge >= 0.3 is 6.41 Å². The van der Waals surface area contributed by atoms with Gasteiger partial charge in [0.1, 0.15) is 0 Å². The van der Waals surface area contributed by atoms with Crippen LogP contribution in [-0.2, 0) is 4.79 Å². The maximum Gasteiger partial charge on any atom is 0.309 e. The van der Waals surface area contributed by atoms with Gasteiger partial charge in [-0.1, -0.05) is 12.8 Å². The summed E-state index contributed by atoms with van der Waals surface area (Å²) in [6, 6.07) is 0. The summed E-state index contributed by atoms with van der Waals surface area (Å²) in [4.78, 5) is 9.62. The number of nitrogens with one attached hydrogen (secondary N) is 1. The number of hydrogen-bond donors (Lipinski definition) is 2. The van der Waals surface area contributed by atoms with Gasteiger partial charge in [0.05, 0.1) is 0 Å². The summed E-state index contributed by atoms with van der Waals surface area (Å²) in [7, 11) is 0. The van der Waals surface area contributed by atoms with Crippen molar-refractivity contribution >= 4 is 6.41 Å². The van der Waals surface area contributed by atoms with Crippen molar-refractivity contribution < 1.29 is 9.90 Å². The van der Waals surface area contributed by atoms with E-state index in [0.29, 0.717) is 6.54 Å². The molecule has 3 nitrogen and oxygen atoms in total. The summed E-state index contributed by atoms with van der Waals surface area (Å²) in [5.74, 6) is 0. The highest BCUT2D eigenvalue weighted by molar-refractivity contribution is 5.46. The van der Waals surface area contributed by atoms with Gasteiger partial charge in [-0.05, 0) is 12.8 Å². The van der Waals surface area contributed by atoms with E-state index in [0.717, 1.165) is 25.7 Å². The molecule has 0 saturated heterocycles. The predicted octanol–water partition coefficient (Wildman–Crippen LogP) is 0.196. The summed E-state index contributed by atoms with van der Waals surface area (Å²) < 4.78 is 0. The second-order valence-electron chi connectivity index (χ2n) is 2.17. The van der Waals surface area contributed by atoms with Gasteiger partial charge in [-0.2, -0.15) is 0 Å². The lowest BCUT2D eigenvalue weighted by Crippen LogP contribution is -2.11. The van der Waals surface area contributed by atoms with E-state index < -0.39 is 0 Å². The first kappa shape index (κ1) is 9.43. The number of carbonyl (C=O) groups excluding carboxylic acids is 1. The molecule has 0 aromatic heterocycles.